The lowest BCUT2D eigenvalue weighted by Crippen LogP contribution is -2.27. The summed E-state index contributed by atoms with van der Waals surface area (Å²) < 4.78 is 6.39. The van der Waals surface area contributed by atoms with Gasteiger partial charge in [0.25, 0.3) is 0 Å². The Labute approximate surface area is 126 Å². The lowest BCUT2D eigenvalue weighted by Gasteiger charge is -2.18. The third-order valence-corrected chi connectivity index (χ3v) is 2.53. The Morgan fingerprint density at radius 2 is 1.95 bits per heavy atom. The highest BCUT2D eigenvalue weighted by Crippen LogP contribution is 2.24. The van der Waals surface area contributed by atoms with E-state index in [0.717, 1.165) is 0 Å². The molecule has 1 amide bonds. The number of nitrogens with one attached hydrogen (secondary N) is 1. The van der Waals surface area contributed by atoms with Gasteiger partial charge in [-0.25, -0.2) is 9.48 Å². The summed E-state index contributed by atoms with van der Waals surface area (Å²) in [7, 11) is 0. The molecule has 0 saturated heterocycles. The molecule has 8 heteroatoms. The van der Waals surface area contributed by atoms with Crippen LogP contribution < -0.4 is 5.32 Å². The highest BCUT2D eigenvalue weighted by Gasteiger charge is 2.24. The van der Waals surface area contributed by atoms with Crippen molar-refractivity contribution in [2.45, 2.75) is 26.4 Å². The minimum absolute atomic E-state index is 0.164. The maximum atomic E-state index is 11.7. The van der Waals surface area contributed by atoms with Crippen LogP contribution >= 0.6 is 0 Å². The number of amides is 1. The molecule has 0 aliphatic carbocycles. The van der Waals surface area contributed by atoms with Crippen LogP contribution in [0.5, 0.6) is 0 Å². The SMILES string of the molecule is CC(C)(C)OC(=O)Nc1nn(-c2ccccc2)cc1[N+](=O)[O-]. The van der Waals surface area contributed by atoms with Gasteiger partial charge in [-0.15, -0.1) is 5.10 Å². The molecule has 1 aromatic heterocycles. The zero-order chi connectivity index (χ0) is 16.3. The molecular weight excluding hydrogens is 288 g/mol. The summed E-state index contributed by atoms with van der Waals surface area (Å²) in [6, 6.07) is 8.87. The van der Waals surface area contributed by atoms with E-state index in [1.807, 2.05) is 6.07 Å². The van der Waals surface area contributed by atoms with Gasteiger partial charge in [0.15, 0.2) is 0 Å². The van der Waals surface area contributed by atoms with E-state index in [4.69, 9.17) is 4.74 Å². The Balaban J connectivity index is 2.29. The molecule has 2 rings (SSSR count). The zero-order valence-electron chi connectivity index (χ0n) is 12.4. The second-order valence-electron chi connectivity index (χ2n) is 5.53. The smallest absolute Gasteiger partial charge is 0.413 e. The highest BCUT2D eigenvalue weighted by atomic mass is 16.6. The summed E-state index contributed by atoms with van der Waals surface area (Å²) >= 11 is 0. The number of nitrogens with zero attached hydrogens (tertiary/aromatic N) is 3. The standard InChI is InChI=1S/C14H16N4O4/c1-14(2,3)22-13(19)15-12-11(18(20)21)9-17(16-12)10-7-5-4-6-8-10/h4-9H,1-3H3,(H,15,16,19). The fourth-order valence-corrected chi connectivity index (χ4v) is 1.70. The quantitative estimate of drug-likeness (QED) is 0.693. The third-order valence-electron chi connectivity index (χ3n) is 2.53. The van der Waals surface area contributed by atoms with Gasteiger partial charge in [-0.2, -0.15) is 0 Å². The fraction of sp³-hybridized carbons (Fsp3) is 0.286. The van der Waals surface area contributed by atoms with Crippen molar-refractivity contribution >= 4 is 17.6 Å². The van der Waals surface area contributed by atoms with E-state index in [0.29, 0.717) is 5.69 Å². The Hall–Kier alpha value is -2.90. The lowest BCUT2D eigenvalue weighted by atomic mass is 10.2. The topological polar surface area (TPSA) is 99.3 Å². The van der Waals surface area contributed by atoms with Crippen LogP contribution in [-0.4, -0.2) is 26.4 Å². The number of para-hydroxylation sites is 1. The average molecular weight is 304 g/mol. The van der Waals surface area contributed by atoms with Gasteiger partial charge in [0.1, 0.15) is 11.8 Å². The molecule has 0 bridgehead atoms. The zero-order valence-corrected chi connectivity index (χ0v) is 12.4. The van der Waals surface area contributed by atoms with Gasteiger partial charge in [-0.3, -0.25) is 15.4 Å². The summed E-state index contributed by atoms with van der Waals surface area (Å²) in [4.78, 5) is 22.2. The van der Waals surface area contributed by atoms with Crippen LogP contribution in [0.15, 0.2) is 36.5 Å². The van der Waals surface area contributed by atoms with Crippen LogP contribution in [0.25, 0.3) is 5.69 Å². The van der Waals surface area contributed by atoms with Crippen molar-refractivity contribution in [3.8, 4) is 5.69 Å². The first-order valence-corrected chi connectivity index (χ1v) is 6.56. The van der Waals surface area contributed by atoms with Crippen molar-refractivity contribution in [1.82, 2.24) is 9.78 Å². The van der Waals surface area contributed by atoms with Gasteiger partial charge in [-0.1, -0.05) is 18.2 Å². The number of benzene rings is 1. The monoisotopic (exact) mass is 304 g/mol. The number of hydrogen-bond donors (Lipinski definition) is 1. The number of ether oxygens (including phenoxy) is 1. The Morgan fingerprint density at radius 1 is 1.32 bits per heavy atom. The highest BCUT2D eigenvalue weighted by molar-refractivity contribution is 5.86. The molecule has 1 heterocycles. The summed E-state index contributed by atoms with van der Waals surface area (Å²) in [6.07, 6.45) is 0.441. The normalized spacial score (nSPS) is 11.0. The Kier molecular flexibility index (Phi) is 4.11. The number of aromatic nitrogens is 2. The van der Waals surface area contributed by atoms with E-state index in [1.54, 1.807) is 45.0 Å². The van der Waals surface area contributed by atoms with Gasteiger partial charge in [0, 0.05) is 0 Å². The van der Waals surface area contributed by atoms with E-state index >= 15 is 0 Å². The molecule has 0 saturated carbocycles. The second-order valence-corrected chi connectivity index (χ2v) is 5.53. The molecule has 0 spiro atoms. The summed E-state index contributed by atoms with van der Waals surface area (Å²) in [5.41, 5.74) is -0.376. The van der Waals surface area contributed by atoms with E-state index < -0.39 is 16.6 Å². The van der Waals surface area contributed by atoms with Crippen molar-refractivity contribution in [3.63, 3.8) is 0 Å². The van der Waals surface area contributed by atoms with Gasteiger partial charge < -0.3 is 4.74 Å². The molecule has 0 aliphatic heterocycles. The largest absolute Gasteiger partial charge is 0.444 e. The minimum Gasteiger partial charge on any atom is -0.444 e. The maximum absolute atomic E-state index is 11.7. The number of hydrogen-bond acceptors (Lipinski definition) is 5. The van der Waals surface area contributed by atoms with Crippen molar-refractivity contribution in [2.24, 2.45) is 0 Å². The molecule has 0 unspecified atom stereocenters. The molecule has 1 aromatic carbocycles. The van der Waals surface area contributed by atoms with Crippen LogP contribution in [0.3, 0.4) is 0 Å². The number of carbonyl (C=O) groups is 1. The fourth-order valence-electron chi connectivity index (χ4n) is 1.70. The number of nitro groups is 1. The van der Waals surface area contributed by atoms with Crippen molar-refractivity contribution in [1.29, 1.82) is 0 Å². The van der Waals surface area contributed by atoms with Crippen molar-refractivity contribution in [2.75, 3.05) is 5.32 Å². The summed E-state index contributed by atoms with van der Waals surface area (Å²) in [6.45, 7) is 5.09. The molecule has 0 radical (unpaired) electrons. The van der Waals surface area contributed by atoms with Crippen molar-refractivity contribution < 1.29 is 14.5 Å². The predicted octanol–water partition coefficient (Wildman–Crippen LogP) is 3.13. The predicted molar refractivity (Wildman–Crippen MR) is 80.1 cm³/mol. The van der Waals surface area contributed by atoms with Crippen LogP contribution in [0.1, 0.15) is 20.8 Å². The maximum Gasteiger partial charge on any atom is 0.413 e. The minimum atomic E-state index is -0.797. The first-order chi connectivity index (χ1) is 10.3. The number of carbonyl (C=O) groups excluding carboxylic acids is 1. The molecule has 0 fully saturated rings. The number of anilines is 1. The van der Waals surface area contributed by atoms with Gasteiger partial charge in [-0.05, 0) is 32.9 Å². The molecule has 22 heavy (non-hydrogen) atoms. The van der Waals surface area contributed by atoms with E-state index in [2.05, 4.69) is 10.4 Å². The molecule has 0 atom stereocenters. The average Bonchev–Trinajstić information content (AvgIpc) is 2.81. The third kappa shape index (κ3) is 3.81. The van der Waals surface area contributed by atoms with Gasteiger partial charge in [0.2, 0.25) is 5.82 Å². The van der Waals surface area contributed by atoms with Crippen LogP contribution in [-0.2, 0) is 4.74 Å². The number of rotatable bonds is 3. The van der Waals surface area contributed by atoms with E-state index in [-0.39, 0.29) is 11.5 Å². The van der Waals surface area contributed by atoms with Crippen LogP contribution in [0.4, 0.5) is 16.3 Å². The molecule has 0 aliphatic rings. The molecule has 1 N–H and O–H groups in total. The molecule has 8 nitrogen and oxygen atoms in total. The van der Waals surface area contributed by atoms with Crippen molar-refractivity contribution in [3.05, 3.63) is 46.6 Å². The van der Waals surface area contributed by atoms with E-state index in [9.17, 15) is 14.9 Å². The summed E-state index contributed by atoms with van der Waals surface area (Å²) in [5, 5.41) is 17.4. The van der Waals surface area contributed by atoms with Gasteiger partial charge >= 0.3 is 11.8 Å². The molecule has 2 aromatic rings. The first-order valence-electron chi connectivity index (χ1n) is 6.56. The van der Waals surface area contributed by atoms with Crippen LogP contribution in [0, 0.1) is 10.1 Å². The molecule has 116 valence electrons. The Bertz CT molecular complexity index is 689. The van der Waals surface area contributed by atoms with E-state index in [1.165, 1.54) is 10.9 Å². The molecular formula is C14H16N4O4. The second kappa shape index (κ2) is 5.84. The van der Waals surface area contributed by atoms with Gasteiger partial charge in [0.05, 0.1) is 10.6 Å². The lowest BCUT2D eigenvalue weighted by molar-refractivity contribution is -0.384. The Morgan fingerprint density at radius 3 is 2.50 bits per heavy atom. The first kappa shape index (κ1) is 15.5. The van der Waals surface area contributed by atoms with Crippen LogP contribution in [0.2, 0.25) is 0 Å². The summed E-state index contributed by atoms with van der Waals surface area (Å²) in [5.74, 6) is -0.164.